The Balaban J connectivity index is 1.86. The molecule has 0 fully saturated rings. The summed E-state index contributed by atoms with van der Waals surface area (Å²) in [5, 5.41) is 0.713. The van der Waals surface area contributed by atoms with E-state index >= 15 is 0 Å². The summed E-state index contributed by atoms with van der Waals surface area (Å²) in [5.74, 6) is 0.882. The number of fused-ring (bicyclic) bond motifs is 1. The summed E-state index contributed by atoms with van der Waals surface area (Å²) in [5.41, 5.74) is 3.87. The number of nitrogens with zero attached hydrogens (tertiary/aromatic N) is 1. The molecule has 3 nitrogen and oxygen atoms in total. The maximum Gasteiger partial charge on any atom is 0.254 e. The van der Waals surface area contributed by atoms with Crippen LogP contribution < -0.4 is 4.74 Å². The van der Waals surface area contributed by atoms with Crippen LogP contribution in [0.5, 0.6) is 5.75 Å². The summed E-state index contributed by atoms with van der Waals surface area (Å²) >= 11 is 5.89. The normalized spacial score (nSPS) is 14.0. The number of amides is 1. The highest BCUT2D eigenvalue weighted by Crippen LogP contribution is 2.30. The zero-order valence-corrected chi connectivity index (χ0v) is 13.5. The van der Waals surface area contributed by atoms with Crippen LogP contribution in [-0.2, 0) is 13.0 Å². The van der Waals surface area contributed by atoms with Gasteiger partial charge in [0.15, 0.2) is 0 Å². The largest absolute Gasteiger partial charge is 0.489 e. The quantitative estimate of drug-likeness (QED) is 0.861. The highest BCUT2D eigenvalue weighted by Gasteiger charge is 2.24. The van der Waals surface area contributed by atoms with E-state index in [2.05, 4.69) is 0 Å². The molecule has 0 unspecified atom stereocenters. The summed E-state index contributed by atoms with van der Waals surface area (Å²) in [6, 6.07) is 11.6. The molecule has 1 amide bonds. The molecule has 2 aromatic rings. The van der Waals surface area contributed by atoms with Gasteiger partial charge in [-0.05, 0) is 48.7 Å². The Bertz CT molecular complexity index is 710. The van der Waals surface area contributed by atoms with Crippen molar-refractivity contribution < 1.29 is 9.53 Å². The van der Waals surface area contributed by atoms with Gasteiger partial charge < -0.3 is 9.64 Å². The second kappa shape index (κ2) is 6.01. The summed E-state index contributed by atoms with van der Waals surface area (Å²) < 4.78 is 5.98. The number of hydrogen-bond acceptors (Lipinski definition) is 2. The molecule has 22 heavy (non-hydrogen) atoms. The zero-order valence-electron chi connectivity index (χ0n) is 12.7. The Morgan fingerprint density at radius 2 is 1.95 bits per heavy atom. The van der Waals surface area contributed by atoms with Crippen LogP contribution in [-0.4, -0.2) is 24.4 Å². The lowest BCUT2D eigenvalue weighted by molar-refractivity contribution is 0.0779. The van der Waals surface area contributed by atoms with Gasteiger partial charge in [0.05, 0.1) is 0 Å². The average Bonchev–Trinajstić information content (AvgIpc) is 2.50. The fourth-order valence-corrected chi connectivity index (χ4v) is 2.81. The standard InChI is InChI=1S/C18H18ClNO2/c1-12-9-16-15(7-8-20(2)18(16)21)17(10-12)22-11-13-3-5-14(19)6-4-13/h3-6,9-10H,7-8,11H2,1-2H3. The van der Waals surface area contributed by atoms with Crippen LogP contribution in [0.2, 0.25) is 5.02 Å². The number of rotatable bonds is 3. The van der Waals surface area contributed by atoms with Crippen molar-refractivity contribution in [3.63, 3.8) is 0 Å². The summed E-state index contributed by atoms with van der Waals surface area (Å²) in [4.78, 5) is 14.0. The monoisotopic (exact) mass is 315 g/mol. The second-order valence-corrected chi connectivity index (χ2v) is 6.12. The van der Waals surface area contributed by atoms with Gasteiger partial charge in [-0.25, -0.2) is 0 Å². The molecule has 0 bridgehead atoms. The van der Waals surface area contributed by atoms with Gasteiger partial charge in [0, 0.05) is 29.7 Å². The third-order valence-electron chi connectivity index (χ3n) is 3.94. The van der Waals surface area contributed by atoms with Crippen LogP contribution >= 0.6 is 11.6 Å². The van der Waals surface area contributed by atoms with Crippen molar-refractivity contribution in [1.29, 1.82) is 0 Å². The highest BCUT2D eigenvalue weighted by molar-refractivity contribution is 6.30. The first kappa shape index (κ1) is 14.9. The maximum atomic E-state index is 12.3. The molecule has 3 rings (SSSR count). The summed E-state index contributed by atoms with van der Waals surface area (Å²) in [7, 11) is 1.84. The zero-order chi connectivity index (χ0) is 15.7. The van der Waals surface area contributed by atoms with E-state index in [4.69, 9.17) is 16.3 Å². The van der Waals surface area contributed by atoms with Crippen LogP contribution in [0.1, 0.15) is 27.0 Å². The van der Waals surface area contributed by atoms with Gasteiger partial charge in [-0.1, -0.05) is 23.7 Å². The molecule has 0 N–H and O–H groups in total. The van der Waals surface area contributed by atoms with Gasteiger partial charge in [-0.2, -0.15) is 0 Å². The molecule has 114 valence electrons. The molecule has 2 aromatic carbocycles. The van der Waals surface area contributed by atoms with Crippen molar-refractivity contribution in [2.45, 2.75) is 20.0 Å². The topological polar surface area (TPSA) is 29.5 Å². The third-order valence-corrected chi connectivity index (χ3v) is 4.19. The lowest BCUT2D eigenvalue weighted by Gasteiger charge is -2.27. The molecule has 1 aliphatic heterocycles. The molecule has 0 spiro atoms. The van der Waals surface area contributed by atoms with E-state index in [0.29, 0.717) is 11.6 Å². The Hall–Kier alpha value is -2.00. The van der Waals surface area contributed by atoms with Crippen LogP contribution in [0.4, 0.5) is 0 Å². The predicted octanol–water partition coefficient (Wildman–Crippen LogP) is 3.86. The van der Waals surface area contributed by atoms with E-state index in [1.807, 2.05) is 50.4 Å². The first-order valence-corrected chi connectivity index (χ1v) is 7.68. The van der Waals surface area contributed by atoms with Gasteiger partial charge in [-0.3, -0.25) is 4.79 Å². The van der Waals surface area contributed by atoms with Gasteiger partial charge in [0.25, 0.3) is 5.91 Å². The molecule has 0 radical (unpaired) electrons. The van der Waals surface area contributed by atoms with Crippen LogP contribution in [0.15, 0.2) is 36.4 Å². The van der Waals surface area contributed by atoms with Crippen molar-refractivity contribution in [1.82, 2.24) is 4.90 Å². The number of hydrogen-bond donors (Lipinski definition) is 0. The Morgan fingerprint density at radius 3 is 2.68 bits per heavy atom. The number of carbonyl (C=O) groups excluding carboxylic acids is 1. The van der Waals surface area contributed by atoms with E-state index in [1.54, 1.807) is 4.90 Å². The average molecular weight is 316 g/mol. The van der Waals surface area contributed by atoms with Gasteiger partial charge in [0.1, 0.15) is 12.4 Å². The molecule has 1 aliphatic rings. The minimum Gasteiger partial charge on any atom is -0.489 e. The van der Waals surface area contributed by atoms with Gasteiger partial charge >= 0.3 is 0 Å². The van der Waals surface area contributed by atoms with Gasteiger partial charge in [-0.15, -0.1) is 0 Å². The smallest absolute Gasteiger partial charge is 0.254 e. The van der Waals surface area contributed by atoms with Crippen LogP contribution in [0.25, 0.3) is 0 Å². The van der Waals surface area contributed by atoms with Gasteiger partial charge in [0.2, 0.25) is 0 Å². The molecule has 0 atom stereocenters. The molecule has 0 aliphatic carbocycles. The molecule has 4 heteroatoms. The van der Waals surface area contributed by atoms with E-state index in [9.17, 15) is 4.79 Å². The van der Waals surface area contributed by atoms with Crippen molar-refractivity contribution in [3.8, 4) is 5.75 Å². The lowest BCUT2D eigenvalue weighted by atomic mass is 9.96. The van der Waals surface area contributed by atoms with Crippen molar-refractivity contribution in [2.24, 2.45) is 0 Å². The SMILES string of the molecule is Cc1cc(OCc2ccc(Cl)cc2)c2c(c1)C(=O)N(C)CC2. The number of likely N-dealkylation sites (N-methyl/N-ethyl adjacent to an activating group) is 1. The number of benzene rings is 2. The molecule has 1 heterocycles. The third kappa shape index (κ3) is 2.95. The van der Waals surface area contributed by atoms with Crippen LogP contribution in [0, 0.1) is 6.92 Å². The fraction of sp³-hybridized carbons (Fsp3) is 0.278. The Labute approximate surface area is 135 Å². The first-order chi connectivity index (χ1) is 10.5. The van der Waals surface area contributed by atoms with E-state index in [1.165, 1.54) is 0 Å². The molecule has 0 saturated carbocycles. The molecule has 0 saturated heterocycles. The van der Waals surface area contributed by atoms with Crippen molar-refractivity contribution in [2.75, 3.05) is 13.6 Å². The van der Waals surface area contributed by atoms with Crippen molar-refractivity contribution >= 4 is 17.5 Å². The molecular weight excluding hydrogens is 298 g/mol. The minimum atomic E-state index is 0.0706. The molecule has 0 aromatic heterocycles. The van der Waals surface area contributed by atoms with E-state index in [-0.39, 0.29) is 5.91 Å². The van der Waals surface area contributed by atoms with Crippen LogP contribution in [0.3, 0.4) is 0 Å². The predicted molar refractivity (Wildman–Crippen MR) is 87.6 cm³/mol. The summed E-state index contributed by atoms with van der Waals surface area (Å²) in [6.07, 6.45) is 0.827. The first-order valence-electron chi connectivity index (χ1n) is 7.31. The molecular formula is C18H18ClNO2. The fourth-order valence-electron chi connectivity index (χ4n) is 2.69. The maximum absolute atomic E-state index is 12.3. The summed E-state index contributed by atoms with van der Waals surface area (Å²) in [6.45, 7) is 3.18. The minimum absolute atomic E-state index is 0.0706. The second-order valence-electron chi connectivity index (χ2n) is 5.68. The number of halogens is 1. The number of aryl methyl sites for hydroxylation is 1. The number of carbonyl (C=O) groups is 1. The van der Waals surface area contributed by atoms with Crippen molar-refractivity contribution in [3.05, 3.63) is 63.7 Å². The Morgan fingerprint density at radius 1 is 1.23 bits per heavy atom. The highest BCUT2D eigenvalue weighted by atomic mass is 35.5. The van der Waals surface area contributed by atoms with E-state index in [0.717, 1.165) is 41.0 Å². The van der Waals surface area contributed by atoms with E-state index < -0.39 is 0 Å². The lowest BCUT2D eigenvalue weighted by Crippen LogP contribution is -2.34. The Kier molecular flexibility index (Phi) is 4.08. The number of ether oxygens (including phenoxy) is 1.